The second kappa shape index (κ2) is 8.41. The number of nitrogens with zero attached hydrogens (tertiary/aromatic N) is 2. The van der Waals surface area contributed by atoms with Crippen molar-refractivity contribution in [2.75, 3.05) is 0 Å². The number of aliphatic carboxylic acids is 1. The first-order valence-electron chi connectivity index (χ1n) is 8.87. The van der Waals surface area contributed by atoms with Crippen LogP contribution in [0.1, 0.15) is 36.1 Å². The van der Waals surface area contributed by atoms with Gasteiger partial charge < -0.3 is 5.11 Å². The molecule has 2 aromatic carbocycles. The average Bonchev–Trinajstić information content (AvgIpc) is 2.97. The van der Waals surface area contributed by atoms with E-state index in [9.17, 15) is 22.4 Å². The van der Waals surface area contributed by atoms with Gasteiger partial charge in [0, 0.05) is 16.8 Å². The summed E-state index contributed by atoms with van der Waals surface area (Å²) >= 11 is 6.06. The maximum atomic E-state index is 13.3. The van der Waals surface area contributed by atoms with E-state index in [1.807, 2.05) is 0 Å². The van der Waals surface area contributed by atoms with Gasteiger partial charge in [-0.2, -0.15) is 18.3 Å². The van der Waals surface area contributed by atoms with E-state index < -0.39 is 23.5 Å². The molecular formula is C20H17ClF4N2O2. The van der Waals surface area contributed by atoms with Gasteiger partial charge in [0.15, 0.2) is 0 Å². The molecule has 154 valence electrons. The van der Waals surface area contributed by atoms with Gasteiger partial charge in [-0.1, -0.05) is 23.7 Å². The zero-order chi connectivity index (χ0) is 21.2. The Balaban J connectivity index is 1.98. The Morgan fingerprint density at radius 2 is 1.90 bits per heavy atom. The standard InChI is InChI=1S/C20H17ClF4N2O2/c21-16-10-14(22)7-5-12(16)11-27-18-9-13(20(23,24)25)6-8-15(18)17(26-27)3-1-2-4-19(28)29/h5-10H,1-4,11H2,(H,28,29). The fourth-order valence-electron chi connectivity index (χ4n) is 3.10. The predicted molar refractivity (Wildman–Crippen MR) is 100 cm³/mol. The third-order valence-electron chi connectivity index (χ3n) is 4.54. The number of carboxylic acid groups (broad SMARTS) is 1. The van der Waals surface area contributed by atoms with Gasteiger partial charge in [0.1, 0.15) is 5.82 Å². The Morgan fingerprint density at radius 1 is 1.14 bits per heavy atom. The van der Waals surface area contributed by atoms with Gasteiger partial charge >= 0.3 is 12.1 Å². The average molecular weight is 429 g/mol. The first-order valence-corrected chi connectivity index (χ1v) is 9.25. The SMILES string of the molecule is O=C(O)CCCCc1nn(Cc2ccc(F)cc2Cl)c2cc(C(F)(F)F)ccc12. The summed E-state index contributed by atoms with van der Waals surface area (Å²) in [7, 11) is 0. The third kappa shape index (κ3) is 5.06. The second-order valence-electron chi connectivity index (χ2n) is 6.67. The summed E-state index contributed by atoms with van der Waals surface area (Å²) in [6.07, 6.45) is -3.08. The fourth-order valence-corrected chi connectivity index (χ4v) is 3.33. The van der Waals surface area contributed by atoms with E-state index in [-0.39, 0.29) is 23.5 Å². The highest BCUT2D eigenvalue weighted by Crippen LogP contribution is 2.33. The lowest BCUT2D eigenvalue weighted by Gasteiger charge is -2.09. The van der Waals surface area contributed by atoms with Gasteiger partial charge in [0.2, 0.25) is 0 Å². The van der Waals surface area contributed by atoms with Crippen molar-refractivity contribution in [2.24, 2.45) is 0 Å². The number of hydrogen-bond acceptors (Lipinski definition) is 2. The Hall–Kier alpha value is -2.61. The summed E-state index contributed by atoms with van der Waals surface area (Å²) in [6, 6.07) is 7.23. The molecule has 0 bridgehead atoms. The highest BCUT2D eigenvalue weighted by Gasteiger charge is 2.31. The largest absolute Gasteiger partial charge is 0.481 e. The number of halogens is 5. The van der Waals surface area contributed by atoms with E-state index in [2.05, 4.69) is 5.10 Å². The molecule has 0 aliphatic rings. The summed E-state index contributed by atoms with van der Waals surface area (Å²) in [6.45, 7) is 0.0754. The molecule has 1 heterocycles. The van der Waals surface area contributed by atoms with Gasteiger partial charge in [0.25, 0.3) is 0 Å². The first kappa shape index (κ1) is 21.1. The van der Waals surface area contributed by atoms with Crippen LogP contribution >= 0.6 is 11.6 Å². The fraction of sp³-hybridized carbons (Fsp3) is 0.300. The number of unbranched alkanes of at least 4 members (excludes halogenated alkanes) is 1. The Bertz CT molecular complexity index is 1050. The molecule has 0 unspecified atom stereocenters. The predicted octanol–water partition coefficient (Wildman–Crippen LogP) is 5.69. The van der Waals surface area contributed by atoms with Gasteiger partial charge in [0.05, 0.1) is 23.3 Å². The maximum Gasteiger partial charge on any atom is 0.416 e. The van der Waals surface area contributed by atoms with Crippen LogP contribution in [0.15, 0.2) is 36.4 Å². The maximum absolute atomic E-state index is 13.3. The van der Waals surface area contributed by atoms with Crippen molar-refractivity contribution in [1.82, 2.24) is 9.78 Å². The van der Waals surface area contributed by atoms with Crippen molar-refractivity contribution < 1.29 is 27.5 Å². The summed E-state index contributed by atoms with van der Waals surface area (Å²) in [4.78, 5) is 10.7. The normalized spacial score (nSPS) is 11.9. The molecule has 1 N–H and O–H groups in total. The topological polar surface area (TPSA) is 55.1 Å². The molecule has 0 radical (unpaired) electrons. The molecule has 0 saturated heterocycles. The number of carbonyl (C=O) groups is 1. The molecule has 4 nitrogen and oxygen atoms in total. The van der Waals surface area contributed by atoms with Crippen LogP contribution in [0, 0.1) is 5.82 Å². The van der Waals surface area contributed by atoms with Crippen LogP contribution in [0.3, 0.4) is 0 Å². The number of benzene rings is 2. The lowest BCUT2D eigenvalue weighted by Crippen LogP contribution is -2.06. The zero-order valence-electron chi connectivity index (χ0n) is 15.1. The van der Waals surface area contributed by atoms with Crippen molar-refractivity contribution in [3.05, 3.63) is 64.1 Å². The molecule has 9 heteroatoms. The lowest BCUT2D eigenvalue weighted by molar-refractivity contribution is -0.138. The van der Waals surface area contributed by atoms with Crippen LogP contribution in [-0.2, 0) is 23.9 Å². The molecule has 0 atom stereocenters. The van der Waals surface area contributed by atoms with Crippen molar-refractivity contribution in [2.45, 2.75) is 38.4 Å². The summed E-state index contributed by atoms with van der Waals surface area (Å²) < 4.78 is 54.2. The highest BCUT2D eigenvalue weighted by molar-refractivity contribution is 6.31. The second-order valence-corrected chi connectivity index (χ2v) is 7.08. The van der Waals surface area contributed by atoms with E-state index >= 15 is 0 Å². The van der Waals surface area contributed by atoms with Crippen molar-refractivity contribution in [1.29, 1.82) is 0 Å². The van der Waals surface area contributed by atoms with Crippen molar-refractivity contribution in [3.8, 4) is 0 Å². The van der Waals surface area contributed by atoms with Gasteiger partial charge in [-0.15, -0.1) is 0 Å². The summed E-state index contributed by atoms with van der Waals surface area (Å²) in [5.74, 6) is -1.41. The number of fused-ring (bicyclic) bond motifs is 1. The number of alkyl halides is 3. The number of aromatic nitrogens is 2. The third-order valence-corrected chi connectivity index (χ3v) is 4.90. The molecule has 3 rings (SSSR count). The molecule has 0 aliphatic heterocycles. The van der Waals surface area contributed by atoms with Crippen LogP contribution < -0.4 is 0 Å². The Morgan fingerprint density at radius 3 is 2.55 bits per heavy atom. The lowest BCUT2D eigenvalue weighted by atomic mass is 10.1. The summed E-state index contributed by atoms with van der Waals surface area (Å²) in [5, 5.41) is 13.9. The molecule has 0 saturated carbocycles. The minimum Gasteiger partial charge on any atom is -0.481 e. The van der Waals surface area contributed by atoms with Gasteiger partial charge in [-0.25, -0.2) is 4.39 Å². The molecule has 0 aliphatic carbocycles. The Kier molecular flexibility index (Phi) is 6.12. The number of hydrogen-bond donors (Lipinski definition) is 1. The smallest absolute Gasteiger partial charge is 0.416 e. The molecule has 3 aromatic rings. The molecule has 0 amide bonds. The highest BCUT2D eigenvalue weighted by atomic mass is 35.5. The van der Waals surface area contributed by atoms with E-state index in [1.54, 1.807) is 0 Å². The number of carboxylic acids is 1. The summed E-state index contributed by atoms with van der Waals surface area (Å²) in [5.41, 5.74) is 0.590. The minimum absolute atomic E-state index is 0.0159. The van der Waals surface area contributed by atoms with Gasteiger partial charge in [-0.3, -0.25) is 9.48 Å². The zero-order valence-corrected chi connectivity index (χ0v) is 15.9. The molecule has 1 aromatic heterocycles. The Labute approximate surface area is 168 Å². The van der Waals surface area contributed by atoms with E-state index in [0.29, 0.717) is 35.9 Å². The van der Waals surface area contributed by atoms with Crippen LogP contribution in [0.25, 0.3) is 10.9 Å². The molecular weight excluding hydrogens is 412 g/mol. The first-order chi connectivity index (χ1) is 13.6. The molecule has 29 heavy (non-hydrogen) atoms. The van der Waals surface area contributed by atoms with Crippen LogP contribution in [0.2, 0.25) is 5.02 Å². The van der Waals surface area contributed by atoms with E-state index in [1.165, 1.54) is 22.9 Å². The van der Waals surface area contributed by atoms with Crippen molar-refractivity contribution >= 4 is 28.5 Å². The van der Waals surface area contributed by atoms with E-state index in [4.69, 9.17) is 16.7 Å². The van der Waals surface area contributed by atoms with Crippen LogP contribution in [-0.4, -0.2) is 20.9 Å². The van der Waals surface area contributed by atoms with Gasteiger partial charge in [-0.05, 0) is 49.1 Å². The minimum atomic E-state index is -4.50. The van der Waals surface area contributed by atoms with Crippen molar-refractivity contribution in [3.63, 3.8) is 0 Å². The van der Waals surface area contributed by atoms with Crippen LogP contribution in [0.5, 0.6) is 0 Å². The monoisotopic (exact) mass is 428 g/mol. The van der Waals surface area contributed by atoms with E-state index in [0.717, 1.165) is 18.2 Å². The number of aryl methyl sites for hydroxylation is 1. The molecule has 0 spiro atoms. The number of rotatable bonds is 7. The molecule has 0 fully saturated rings. The van der Waals surface area contributed by atoms with Crippen LogP contribution in [0.4, 0.5) is 17.6 Å². The quantitative estimate of drug-likeness (QED) is 0.388.